The molecular formula is C16H22N4. The molecule has 4 heteroatoms. The zero-order chi connectivity index (χ0) is 14.5. The summed E-state index contributed by atoms with van der Waals surface area (Å²) in [6, 6.07) is 10.6. The molecule has 0 fully saturated rings. The number of benzene rings is 1. The molecule has 0 amide bonds. The topological polar surface area (TPSA) is 41.1 Å². The Morgan fingerprint density at radius 1 is 1.10 bits per heavy atom. The van der Waals surface area contributed by atoms with Crippen LogP contribution < -0.4 is 10.2 Å². The second-order valence-electron chi connectivity index (χ2n) is 4.80. The summed E-state index contributed by atoms with van der Waals surface area (Å²) in [4.78, 5) is 11.0. The van der Waals surface area contributed by atoms with E-state index in [2.05, 4.69) is 51.4 Å². The molecule has 2 aromatic rings. The van der Waals surface area contributed by atoms with Gasteiger partial charge in [0.2, 0.25) is 5.95 Å². The van der Waals surface area contributed by atoms with Crippen LogP contribution in [0.5, 0.6) is 0 Å². The van der Waals surface area contributed by atoms with Gasteiger partial charge in [-0.1, -0.05) is 19.1 Å². The first-order valence-electron chi connectivity index (χ1n) is 7.06. The highest BCUT2D eigenvalue weighted by Crippen LogP contribution is 2.23. The molecule has 0 spiro atoms. The maximum Gasteiger partial charge on any atom is 0.224 e. The normalized spacial score (nSPS) is 10.4. The Hall–Kier alpha value is -2.10. The first-order chi connectivity index (χ1) is 9.63. The zero-order valence-electron chi connectivity index (χ0n) is 12.6. The highest BCUT2D eigenvalue weighted by atomic mass is 15.2. The third-order valence-corrected chi connectivity index (χ3v) is 3.25. The Balaban J connectivity index is 2.29. The smallest absolute Gasteiger partial charge is 0.224 e. The van der Waals surface area contributed by atoms with Gasteiger partial charge in [0.1, 0.15) is 5.82 Å². The van der Waals surface area contributed by atoms with Crippen LogP contribution in [0.1, 0.15) is 25.1 Å². The van der Waals surface area contributed by atoms with Crippen LogP contribution in [0.3, 0.4) is 0 Å². The summed E-state index contributed by atoms with van der Waals surface area (Å²) in [5, 5.41) is 3.16. The third kappa shape index (κ3) is 3.26. The first-order valence-corrected chi connectivity index (χ1v) is 7.06. The lowest BCUT2D eigenvalue weighted by molar-refractivity contribution is 1.02. The fourth-order valence-electron chi connectivity index (χ4n) is 2.05. The molecule has 0 radical (unpaired) electrons. The summed E-state index contributed by atoms with van der Waals surface area (Å²) in [5.74, 6) is 1.58. The Bertz CT molecular complexity index is 563. The van der Waals surface area contributed by atoms with E-state index in [1.54, 1.807) is 0 Å². The average Bonchev–Trinajstić information content (AvgIpc) is 2.46. The number of nitrogens with zero attached hydrogens (tertiary/aromatic N) is 3. The van der Waals surface area contributed by atoms with Gasteiger partial charge in [0.05, 0.1) is 0 Å². The van der Waals surface area contributed by atoms with Crippen LogP contribution in [0.25, 0.3) is 0 Å². The lowest BCUT2D eigenvalue weighted by Gasteiger charge is -2.19. The SMILES string of the molecule is CCNc1nc(C)cc(N(C)c2ccc(CC)cc2)n1. The van der Waals surface area contributed by atoms with Crippen molar-refractivity contribution in [3.63, 3.8) is 0 Å². The molecule has 0 saturated heterocycles. The van der Waals surface area contributed by atoms with Gasteiger partial charge in [0, 0.05) is 31.0 Å². The van der Waals surface area contributed by atoms with Gasteiger partial charge in [-0.3, -0.25) is 0 Å². The number of hydrogen-bond donors (Lipinski definition) is 1. The molecule has 106 valence electrons. The number of aromatic nitrogens is 2. The molecule has 0 unspecified atom stereocenters. The number of rotatable bonds is 5. The van der Waals surface area contributed by atoms with E-state index in [4.69, 9.17) is 0 Å². The number of hydrogen-bond acceptors (Lipinski definition) is 4. The van der Waals surface area contributed by atoms with Crippen molar-refractivity contribution in [1.82, 2.24) is 9.97 Å². The van der Waals surface area contributed by atoms with Crippen LogP contribution in [0, 0.1) is 6.92 Å². The van der Waals surface area contributed by atoms with Crippen LogP contribution >= 0.6 is 0 Å². The number of anilines is 3. The Kier molecular flexibility index (Phi) is 4.56. The van der Waals surface area contributed by atoms with Crippen molar-refractivity contribution in [1.29, 1.82) is 0 Å². The quantitative estimate of drug-likeness (QED) is 0.902. The third-order valence-electron chi connectivity index (χ3n) is 3.25. The van der Waals surface area contributed by atoms with Gasteiger partial charge < -0.3 is 10.2 Å². The van der Waals surface area contributed by atoms with E-state index < -0.39 is 0 Å². The van der Waals surface area contributed by atoms with Gasteiger partial charge in [-0.2, -0.15) is 4.98 Å². The van der Waals surface area contributed by atoms with Crippen LogP contribution in [-0.4, -0.2) is 23.6 Å². The standard InChI is InChI=1S/C16H22N4/c1-5-13-7-9-14(10-8-13)20(4)15-11-12(3)18-16(19-15)17-6-2/h7-11H,5-6H2,1-4H3,(H,17,18,19). The predicted octanol–water partition coefficient (Wildman–Crippen LogP) is 3.55. The van der Waals surface area contributed by atoms with Gasteiger partial charge in [-0.15, -0.1) is 0 Å². The monoisotopic (exact) mass is 270 g/mol. The molecule has 1 aromatic carbocycles. The van der Waals surface area contributed by atoms with Gasteiger partial charge in [-0.05, 0) is 38.0 Å². The summed E-state index contributed by atoms with van der Waals surface area (Å²) >= 11 is 0. The van der Waals surface area contributed by atoms with E-state index >= 15 is 0 Å². The van der Waals surface area contributed by atoms with E-state index in [1.807, 2.05) is 27.0 Å². The van der Waals surface area contributed by atoms with Gasteiger partial charge in [0.15, 0.2) is 0 Å². The van der Waals surface area contributed by atoms with Crippen molar-refractivity contribution in [3.05, 3.63) is 41.6 Å². The van der Waals surface area contributed by atoms with Crippen molar-refractivity contribution in [2.45, 2.75) is 27.2 Å². The van der Waals surface area contributed by atoms with Crippen molar-refractivity contribution in [2.24, 2.45) is 0 Å². The van der Waals surface area contributed by atoms with Gasteiger partial charge >= 0.3 is 0 Å². The summed E-state index contributed by atoms with van der Waals surface area (Å²) in [6.07, 6.45) is 1.06. The molecule has 0 saturated carbocycles. The minimum absolute atomic E-state index is 0.680. The van der Waals surface area contributed by atoms with Crippen molar-refractivity contribution < 1.29 is 0 Å². The largest absolute Gasteiger partial charge is 0.354 e. The molecule has 0 aliphatic carbocycles. The molecule has 4 nitrogen and oxygen atoms in total. The Labute approximate surface area is 120 Å². The molecule has 0 atom stereocenters. The number of nitrogens with one attached hydrogen (secondary N) is 1. The number of aryl methyl sites for hydroxylation is 2. The van der Waals surface area contributed by atoms with Gasteiger partial charge in [-0.25, -0.2) is 4.98 Å². The molecule has 0 bridgehead atoms. The van der Waals surface area contributed by atoms with Crippen molar-refractivity contribution >= 4 is 17.5 Å². The van der Waals surface area contributed by atoms with Gasteiger partial charge in [0.25, 0.3) is 0 Å². The molecule has 20 heavy (non-hydrogen) atoms. The maximum atomic E-state index is 4.55. The average molecular weight is 270 g/mol. The molecule has 1 aromatic heterocycles. The highest BCUT2D eigenvalue weighted by molar-refractivity contribution is 5.60. The summed E-state index contributed by atoms with van der Waals surface area (Å²) in [7, 11) is 2.03. The van der Waals surface area contributed by atoms with E-state index in [0.29, 0.717) is 5.95 Å². The van der Waals surface area contributed by atoms with Crippen LogP contribution in [0.15, 0.2) is 30.3 Å². The van der Waals surface area contributed by atoms with E-state index in [1.165, 1.54) is 5.56 Å². The molecule has 2 rings (SSSR count). The van der Waals surface area contributed by atoms with E-state index in [9.17, 15) is 0 Å². The minimum atomic E-state index is 0.680. The summed E-state index contributed by atoms with van der Waals surface area (Å²) in [5.41, 5.74) is 3.43. The fraction of sp³-hybridized carbons (Fsp3) is 0.375. The van der Waals surface area contributed by atoms with Crippen molar-refractivity contribution in [2.75, 3.05) is 23.8 Å². The van der Waals surface area contributed by atoms with E-state index in [0.717, 1.165) is 30.2 Å². The highest BCUT2D eigenvalue weighted by Gasteiger charge is 2.08. The van der Waals surface area contributed by atoms with Crippen LogP contribution in [0.4, 0.5) is 17.5 Å². The lowest BCUT2D eigenvalue weighted by Crippen LogP contribution is -2.14. The zero-order valence-corrected chi connectivity index (χ0v) is 12.6. The molecule has 1 heterocycles. The lowest BCUT2D eigenvalue weighted by atomic mass is 10.1. The molecule has 0 aliphatic heterocycles. The Morgan fingerprint density at radius 3 is 2.40 bits per heavy atom. The van der Waals surface area contributed by atoms with Crippen LogP contribution in [0.2, 0.25) is 0 Å². The predicted molar refractivity (Wildman–Crippen MR) is 84.8 cm³/mol. The molecule has 1 N–H and O–H groups in total. The second-order valence-corrected chi connectivity index (χ2v) is 4.80. The molecular weight excluding hydrogens is 248 g/mol. The minimum Gasteiger partial charge on any atom is -0.354 e. The summed E-state index contributed by atoms with van der Waals surface area (Å²) in [6.45, 7) is 7.01. The maximum absolute atomic E-state index is 4.55. The van der Waals surface area contributed by atoms with Crippen LogP contribution in [-0.2, 0) is 6.42 Å². The second kappa shape index (κ2) is 6.37. The Morgan fingerprint density at radius 2 is 1.80 bits per heavy atom. The molecule has 0 aliphatic rings. The first kappa shape index (κ1) is 14.3. The van der Waals surface area contributed by atoms with E-state index in [-0.39, 0.29) is 0 Å². The summed E-state index contributed by atoms with van der Waals surface area (Å²) < 4.78 is 0. The fourth-order valence-corrected chi connectivity index (χ4v) is 2.05. The van der Waals surface area contributed by atoms with Crippen molar-refractivity contribution in [3.8, 4) is 0 Å².